The van der Waals surface area contributed by atoms with Crippen LogP contribution in [0.15, 0.2) is 4.99 Å². The van der Waals surface area contributed by atoms with Gasteiger partial charge in [0.1, 0.15) is 0 Å². The number of hydrogen-bond donors (Lipinski definition) is 3. The first-order chi connectivity index (χ1) is 8.06. The van der Waals surface area contributed by atoms with Gasteiger partial charge in [-0.2, -0.15) is 0 Å². The van der Waals surface area contributed by atoms with E-state index in [4.69, 9.17) is 0 Å². The maximum Gasteiger partial charge on any atom is 0.209 e. The molecule has 0 aliphatic heterocycles. The molecule has 0 amide bonds. The van der Waals surface area contributed by atoms with Crippen molar-refractivity contribution in [3.05, 3.63) is 0 Å². The molecule has 0 radical (unpaired) electrons. The molecule has 0 heterocycles. The summed E-state index contributed by atoms with van der Waals surface area (Å²) >= 11 is 0. The highest BCUT2D eigenvalue weighted by Crippen LogP contribution is 2.04. The summed E-state index contributed by atoms with van der Waals surface area (Å²) in [6.07, 6.45) is 1.15. The van der Waals surface area contributed by atoms with Crippen LogP contribution in [0, 0.1) is 0 Å². The summed E-state index contributed by atoms with van der Waals surface area (Å²) < 4.78 is 25.0. The van der Waals surface area contributed by atoms with Crippen LogP contribution < -0.4 is 15.4 Å². The Kier molecular flexibility index (Phi) is 10.0. The van der Waals surface area contributed by atoms with Gasteiger partial charge in [-0.05, 0) is 34.6 Å². The Morgan fingerprint density at radius 2 is 1.84 bits per heavy atom. The second kappa shape index (κ2) is 8.96. The Morgan fingerprint density at radius 1 is 1.32 bits per heavy atom. The quantitative estimate of drug-likeness (QED) is 0.348. The van der Waals surface area contributed by atoms with E-state index in [1.807, 2.05) is 20.8 Å². The van der Waals surface area contributed by atoms with E-state index in [2.05, 4.69) is 20.3 Å². The van der Waals surface area contributed by atoms with Crippen molar-refractivity contribution >= 4 is 40.0 Å². The molecule has 6 nitrogen and oxygen atoms in total. The van der Waals surface area contributed by atoms with Gasteiger partial charge in [0.25, 0.3) is 0 Å². The fourth-order valence-electron chi connectivity index (χ4n) is 1.40. The van der Waals surface area contributed by atoms with Crippen LogP contribution in [-0.2, 0) is 10.0 Å². The molecule has 3 N–H and O–H groups in total. The second-order valence-corrected chi connectivity index (χ2v) is 7.00. The summed E-state index contributed by atoms with van der Waals surface area (Å²) in [6.45, 7) is 10.8. The van der Waals surface area contributed by atoms with E-state index in [9.17, 15) is 8.42 Å². The largest absolute Gasteiger partial charge is 0.357 e. The van der Waals surface area contributed by atoms with Crippen molar-refractivity contribution in [1.82, 2.24) is 15.4 Å². The summed E-state index contributed by atoms with van der Waals surface area (Å²) in [4.78, 5) is 4.38. The normalized spacial score (nSPS) is 13.1. The van der Waals surface area contributed by atoms with Gasteiger partial charge in [0, 0.05) is 18.1 Å². The Hall–Kier alpha value is -0.0900. The third kappa shape index (κ3) is 12.7. The van der Waals surface area contributed by atoms with Gasteiger partial charge in [-0.25, -0.2) is 13.1 Å². The molecule has 0 rings (SSSR count). The van der Waals surface area contributed by atoms with Crippen LogP contribution in [0.3, 0.4) is 0 Å². The van der Waals surface area contributed by atoms with Crippen LogP contribution in [0.4, 0.5) is 0 Å². The maximum absolute atomic E-state index is 11.2. The van der Waals surface area contributed by atoms with Crippen molar-refractivity contribution < 1.29 is 8.42 Å². The van der Waals surface area contributed by atoms with Gasteiger partial charge >= 0.3 is 0 Å². The first-order valence-electron chi connectivity index (χ1n) is 6.09. The molecule has 0 aromatic rings. The van der Waals surface area contributed by atoms with E-state index in [1.165, 1.54) is 0 Å². The molecule has 19 heavy (non-hydrogen) atoms. The number of nitrogens with one attached hydrogen (secondary N) is 3. The molecule has 0 unspecified atom stereocenters. The third-order valence-electron chi connectivity index (χ3n) is 1.86. The van der Waals surface area contributed by atoms with Crippen LogP contribution >= 0.6 is 24.0 Å². The zero-order valence-electron chi connectivity index (χ0n) is 12.6. The number of aliphatic imine (C=N–C) groups is 1. The highest BCUT2D eigenvalue weighted by atomic mass is 127. The van der Waals surface area contributed by atoms with Gasteiger partial charge < -0.3 is 10.6 Å². The van der Waals surface area contributed by atoms with Crippen molar-refractivity contribution in [3.8, 4) is 0 Å². The van der Waals surface area contributed by atoms with Gasteiger partial charge in [0.15, 0.2) is 5.96 Å². The Bertz CT molecular complexity index is 380. The average Bonchev–Trinajstić information content (AvgIpc) is 2.10. The predicted molar refractivity (Wildman–Crippen MR) is 91.7 cm³/mol. The number of rotatable bonds is 6. The lowest BCUT2D eigenvalue weighted by Gasteiger charge is -2.24. The van der Waals surface area contributed by atoms with E-state index >= 15 is 0 Å². The van der Waals surface area contributed by atoms with Crippen molar-refractivity contribution in [1.29, 1.82) is 0 Å². The molecule has 8 heteroatoms. The second-order valence-electron chi connectivity index (χ2n) is 5.25. The van der Waals surface area contributed by atoms with E-state index in [-0.39, 0.29) is 30.0 Å². The fraction of sp³-hybridized carbons (Fsp3) is 0.909. The lowest BCUT2D eigenvalue weighted by molar-refractivity contribution is 0.464. The number of nitrogens with zero attached hydrogens (tertiary/aromatic N) is 1. The molecule has 0 aliphatic rings. The summed E-state index contributed by atoms with van der Waals surface area (Å²) in [7, 11) is -3.23. The molecular formula is C11H27IN4O2S. The molecule has 0 aliphatic carbocycles. The zero-order valence-corrected chi connectivity index (χ0v) is 15.7. The minimum Gasteiger partial charge on any atom is -0.357 e. The lowest BCUT2D eigenvalue weighted by atomic mass is 10.1. The average molecular weight is 406 g/mol. The monoisotopic (exact) mass is 406 g/mol. The van der Waals surface area contributed by atoms with Crippen LogP contribution in [0.2, 0.25) is 0 Å². The molecule has 0 aromatic carbocycles. The molecule has 0 saturated heterocycles. The van der Waals surface area contributed by atoms with Gasteiger partial charge in [-0.3, -0.25) is 4.99 Å². The van der Waals surface area contributed by atoms with E-state index in [1.54, 1.807) is 13.8 Å². The molecule has 0 fully saturated rings. The first kappa shape index (κ1) is 21.2. The number of halogens is 1. The van der Waals surface area contributed by atoms with Gasteiger partial charge in [-0.15, -0.1) is 24.0 Å². The van der Waals surface area contributed by atoms with Crippen molar-refractivity contribution in [2.75, 3.05) is 19.3 Å². The SMILES string of the molecule is CCNC(=NCC(C)(C)NS(C)(=O)=O)NC(C)C.I. The topological polar surface area (TPSA) is 82.6 Å². The van der Waals surface area contributed by atoms with Crippen LogP contribution in [0.25, 0.3) is 0 Å². The van der Waals surface area contributed by atoms with Crippen LogP contribution in [-0.4, -0.2) is 45.3 Å². The van der Waals surface area contributed by atoms with Crippen LogP contribution in [0.5, 0.6) is 0 Å². The highest BCUT2D eigenvalue weighted by Gasteiger charge is 2.21. The molecule has 0 aromatic heterocycles. The molecule has 0 bridgehead atoms. The van der Waals surface area contributed by atoms with Crippen LogP contribution in [0.1, 0.15) is 34.6 Å². The number of guanidine groups is 1. The molecule has 0 spiro atoms. The Balaban J connectivity index is 0. The highest BCUT2D eigenvalue weighted by molar-refractivity contribution is 14.0. The van der Waals surface area contributed by atoms with Gasteiger partial charge in [0.05, 0.1) is 12.8 Å². The molecule has 0 atom stereocenters. The Morgan fingerprint density at radius 3 is 2.21 bits per heavy atom. The summed E-state index contributed by atoms with van der Waals surface area (Å²) in [6, 6.07) is 0.272. The standard InChI is InChI=1S/C11H26N4O2S.HI/c1-7-12-10(14-9(2)3)13-8-11(4,5)15-18(6,16)17;/h9,15H,7-8H2,1-6H3,(H2,12,13,14);1H. The maximum atomic E-state index is 11.2. The molecular weight excluding hydrogens is 379 g/mol. The lowest BCUT2D eigenvalue weighted by Crippen LogP contribution is -2.47. The smallest absolute Gasteiger partial charge is 0.209 e. The van der Waals surface area contributed by atoms with Gasteiger partial charge in [-0.1, -0.05) is 0 Å². The van der Waals surface area contributed by atoms with Crippen molar-refractivity contribution in [2.45, 2.75) is 46.2 Å². The summed E-state index contributed by atoms with van der Waals surface area (Å²) in [5, 5.41) is 6.29. The van der Waals surface area contributed by atoms with E-state index < -0.39 is 15.6 Å². The van der Waals surface area contributed by atoms with Crippen molar-refractivity contribution in [2.24, 2.45) is 4.99 Å². The summed E-state index contributed by atoms with van der Waals surface area (Å²) in [5.41, 5.74) is -0.604. The Labute approximate surface area is 134 Å². The van der Waals surface area contributed by atoms with E-state index in [0.717, 1.165) is 12.8 Å². The molecule has 116 valence electrons. The first-order valence-corrected chi connectivity index (χ1v) is 7.98. The third-order valence-corrected chi connectivity index (χ3v) is 2.79. The minimum atomic E-state index is -3.23. The van der Waals surface area contributed by atoms with Gasteiger partial charge in [0.2, 0.25) is 10.0 Å². The number of sulfonamides is 1. The zero-order chi connectivity index (χ0) is 14.4. The predicted octanol–water partition coefficient (Wildman–Crippen LogP) is 0.896. The number of hydrogen-bond acceptors (Lipinski definition) is 3. The molecule has 0 saturated carbocycles. The fourth-order valence-corrected chi connectivity index (χ4v) is 2.47. The summed E-state index contributed by atoms with van der Waals surface area (Å²) in [5.74, 6) is 0.691. The van der Waals surface area contributed by atoms with E-state index in [0.29, 0.717) is 12.5 Å². The van der Waals surface area contributed by atoms with Crippen molar-refractivity contribution in [3.63, 3.8) is 0 Å². The minimum absolute atomic E-state index is 0.